The van der Waals surface area contributed by atoms with Crippen molar-refractivity contribution in [2.75, 3.05) is 23.5 Å². The molecule has 1 aliphatic heterocycles. The largest absolute Gasteiger partial charge is 0.370 e. The predicted octanol–water partition coefficient (Wildman–Crippen LogP) is 3.09. The normalized spacial score (nSPS) is 19.8. The van der Waals surface area contributed by atoms with Gasteiger partial charge in [-0.2, -0.15) is 11.8 Å². The van der Waals surface area contributed by atoms with E-state index in [1.54, 1.807) is 6.07 Å². The first kappa shape index (κ1) is 11.8. The molecular formula is C12H14ClNOS. The minimum Gasteiger partial charge on any atom is -0.370 e. The summed E-state index contributed by atoms with van der Waals surface area (Å²) in [4.78, 5) is 13.2. The van der Waals surface area contributed by atoms with Crippen LogP contribution in [0.3, 0.4) is 0 Å². The third-order valence-electron chi connectivity index (χ3n) is 2.95. The molecule has 0 spiro atoms. The molecular weight excluding hydrogens is 242 g/mol. The Morgan fingerprint density at radius 3 is 3.00 bits per heavy atom. The van der Waals surface area contributed by atoms with E-state index in [1.165, 1.54) is 12.2 Å². The van der Waals surface area contributed by atoms with Gasteiger partial charge in [0.25, 0.3) is 0 Å². The van der Waals surface area contributed by atoms with Crippen LogP contribution in [0.15, 0.2) is 18.2 Å². The Morgan fingerprint density at radius 2 is 2.38 bits per heavy atom. The van der Waals surface area contributed by atoms with Gasteiger partial charge in [0.05, 0.1) is 0 Å². The summed E-state index contributed by atoms with van der Waals surface area (Å²) in [7, 11) is 2.05. The Hall–Kier alpha value is -0.670. The van der Waals surface area contributed by atoms with Crippen molar-refractivity contribution in [3.8, 4) is 0 Å². The number of carbonyl (C=O) groups is 1. The quantitative estimate of drug-likeness (QED) is 0.775. The van der Waals surface area contributed by atoms with Crippen molar-refractivity contribution in [2.45, 2.75) is 12.5 Å². The van der Waals surface area contributed by atoms with E-state index in [0.29, 0.717) is 16.6 Å². The summed E-state index contributed by atoms with van der Waals surface area (Å²) in [6, 6.07) is 6.02. The lowest BCUT2D eigenvalue weighted by molar-refractivity contribution is 0.112. The minimum absolute atomic E-state index is 0.532. The van der Waals surface area contributed by atoms with Gasteiger partial charge in [-0.3, -0.25) is 4.79 Å². The Balaban J connectivity index is 2.27. The van der Waals surface area contributed by atoms with E-state index in [-0.39, 0.29) is 0 Å². The molecule has 1 unspecified atom stereocenters. The molecule has 1 aliphatic rings. The van der Waals surface area contributed by atoms with Crippen molar-refractivity contribution in [2.24, 2.45) is 0 Å². The highest BCUT2D eigenvalue weighted by Crippen LogP contribution is 2.29. The van der Waals surface area contributed by atoms with Gasteiger partial charge < -0.3 is 4.90 Å². The number of hydrogen-bond acceptors (Lipinski definition) is 3. The van der Waals surface area contributed by atoms with Gasteiger partial charge in [0, 0.05) is 35.1 Å². The lowest BCUT2D eigenvalue weighted by Gasteiger charge is -2.27. The summed E-state index contributed by atoms with van der Waals surface area (Å²) < 4.78 is 0. The number of anilines is 1. The fraction of sp³-hybridized carbons (Fsp3) is 0.417. The summed E-state index contributed by atoms with van der Waals surface area (Å²) >= 11 is 7.84. The van der Waals surface area contributed by atoms with Crippen LogP contribution < -0.4 is 4.90 Å². The van der Waals surface area contributed by atoms with E-state index >= 15 is 0 Å². The number of nitrogens with zero attached hydrogens (tertiary/aromatic N) is 1. The van der Waals surface area contributed by atoms with Crippen molar-refractivity contribution >= 4 is 35.3 Å². The molecule has 1 fully saturated rings. The van der Waals surface area contributed by atoms with Crippen molar-refractivity contribution in [3.05, 3.63) is 28.8 Å². The van der Waals surface area contributed by atoms with E-state index in [9.17, 15) is 4.79 Å². The second-order valence-corrected chi connectivity index (χ2v) is 5.54. The number of carbonyl (C=O) groups excluding carboxylic acids is 1. The van der Waals surface area contributed by atoms with Crippen LogP contribution in [0.4, 0.5) is 5.69 Å². The summed E-state index contributed by atoms with van der Waals surface area (Å²) in [6.45, 7) is 0. The van der Waals surface area contributed by atoms with Crippen LogP contribution in [0, 0.1) is 0 Å². The van der Waals surface area contributed by atoms with Gasteiger partial charge in [-0.1, -0.05) is 11.6 Å². The SMILES string of the molecule is CN(c1ccc(Cl)cc1C=O)C1CCSC1. The molecule has 0 bridgehead atoms. The van der Waals surface area contributed by atoms with Gasteiger partial charge in [0.2, 0.25) is 0 Å². The monoisotopic (exact) mass is 255 g/mol. The van der Waals surface area contributed by atoms with Gasteiger partial charge in [0.1, 0.15) is 0 Å². The number of rotatable bonds is 3. The van der Waals surface area contributed by atoms with Gasteiger partial charge >= 0.3 is 0 Å². The second kappa shape index (κ2) is 5.11. The molecule has 0 amide bonds. The van der Waals surface area contributed by atoms with Crippen molar-refractivity contribution in [1.29, 1.82) is 0 Å². The molecule has 4 heteroatoms. The van der Waals surface area contributed by atoms with Gasteiger partial charge in [-0.25, -0.2) is 0 Å². The van der Waals surface area contributed by atoms with Crippen LogP contribution in [-0.4, -0.2) is 30.9 Å². The highest BCUT2D eigenvalue weighted by atomic mass is 35.5. The second-order valence-electron chi connectivity index (χ2n) is 3.95. The standard InChI is InChI=1S/C12H14ClNOS/c1-14(11-4-5-16-8-11)12-3-2-10(13)6-9(12)7-15/h2-3,6-7,11H,4-5,8H2,1H3. The minimum atomic E-state index is 0.532. The number of hydrogen-bond donors (Lipinski definition) is 0. The molecule has 1 aromatic carbocycles. The van der Waals surface area contributed by atoms with Gasteiger partial charge in [0.15, 0.2) is 6.29 Å². The third-order valence-corrected chi connectivity index (χ3v) is 4.33. The zero-order chi connectivity index (χ0) is 11.5. The highest BCUT2D eigenvalue weighted by molar-refractivity contribution is 7.99. The molecule has 16 heavy (non-hydrogen) atoms. The average Bonchev–Trinajstić information content (AvgIpc) is 2.81. The zero-order valence-corrected chi connectivity index (χ0v) is 10.7. The molecule has 0 N–H and O–H groups in total. The molecule has 1 aromatic rings. The fourth-order valence-corrected chi connectivity index (χ4v) is 3.41. The first-order chi connectivity index (χ1) is 7.72. The molecule has 0 radical (unpaired) electrons. The van der Waals surface area contributed by atoms with Crippen molar-refractivity contribution in [1.82, 2.24) is 0 Å². The van der Waals surface area contributed by atoms with Crippen molar-refractivity contribution in [3.63, 3.8) is 0 Å². The number of thioether (sulfide) groups is 1. The van der Waals surface area contributed by atoms with Crippen LogP contribution in [-0.2, 0) is 0 Å². The van der Waals surface area contributed by atoms with E-state index in [1.807, 2.05) is 30.9 Å². The first-order valence-electron chi connectivity index (χ1n) is 5.27. The average molecular weight is 256 g/mol. The van der Waals surface area contributed by atoms with Crippen LogP contribution in [0.25, 0.3) is 0 Å². The maximum absolute atomic E-state index is 11.0. The van der Waals surface area contributed by atoms with Gasteiger partial charge in [-0.15, -0.1) is 0 Å². The van der Waals surface area contributed by atoms with Crippen LogP contribution in [0.5, 0.6) is 0 Å². The van der Waals surface area contributed by atoms with Crippen LogP contribution >= 0.6 is 23.4 Å². The maximum atomic E-state index is 11.0. The molecule has 2 rings (SSSR count). The molecule has 0 saturated carbocycles. The number of benzene rings is 1. The Kier molecular flexibility index (Phi) is 3.77. The summed E-state index contributed by atoms with van der Waals surface area (Å²) in [5.74, 6) is 2.34. The van der Waals surface area contributed by atoms with Crippen LogP contribution in [0.1, 0.15) is 16.8 Å². The number of aldehydes is 1. The molecule has 86 valence electrons. The molecule has 0 aromatic heterocycles. The summed E-state index contributed by atoms with van der Waals surface area (Å²) in [5, 5.41) is 0.611. The molecule has 1 heterocycles. The maximum Gasteiger partial charge on any atom is 0.152 e. The summed E-state index contributed by atoms with van der Waals surface area (Å²) in [5.41, 5.74) is 1.65. The molecule has 1 atom stereocenters. The Morgan fingerprint density at radius 1 is 1.56 bits per heavy atom. The van der Waals surface area contributed by atoms with E-state index in [0.717, 1.165) is 17.7 Å². The van der Waals surface area contributed by atoms with Crippen molar-refractivity contribution < 1.29 is 4.79 Å². The predicted molar refractivity (Wildman–Crippen MR) is 71.0 cm³/mol. The third kappa shape index (κ3) is 2.36. The van der Waals surface area contributed by atoms with Crippen LogP contribution in [0.2, 0.25) is 5.02 Å². The smallest absolute Gasteiger partial charge is 0.152 e. The molecule has 2 nitrogen and oxygen atoms in total. The van der Waals surface area contributed by atoms with Gasteiger partial charge in [-0.05, 0) is 30.4 Å². The van der Waals surface area contributed by atoms with E-state index in [4.69, 9.17) is 11.6 Å². The van der Waals surface area contributed by atoms with E-state index in [2.05, 4.69) is 4.90 Å². The lowest BCUT2D eigenvalue weighted by atomic mass is 10.1. The highest BCUT2D eigenvalue weighted by Gasteiger charge is 2.21. The number of halogens is 1. The fourth-order valence-electron chi connectivity index (χ4n) is 1.97. The van der Waals surface area contributed by atoms with E-state index < -0.39 is 0 Å². The summed E-state index contributed by atoms with van der Waals surface area (Å²) in [6.07, 6.45) is 2.06. The lowest BCUT2D eigenvalue weighted by Crippen LogP contribution is -2.31. The Labute approximate surface area is 105 Å². The molecule has 1 saturated heterocycles. The molecule has 0 aliphatic carbocycles. The topological polar surface area (TPSA) is 20.3 Å². The Bertz CT molecular complexity index is 391. The zero-order valence-electron chi connectivity index (χ0n) is 9.15. The first-order valence-corrected chi connectivity index (χ1v) is 6.81.